The lowest BCUT2D eigenvalue weighted by Gasteiger charge is -2.18. The van der Waals surface area contributed by atoms with Crippen molar-refractivity contribution in [2.45, 2.75) is 13.3 Å². The first-order chi connectivity index (χ1) is 7.29. The average Bonchev–Trinajstić information content (AvgIpc) is 2.68. The van der Waals surface area contributed by atoms with Crippen LogP contribution in [0.15, 0.2) is 24.3 Å². The molecule has 82 valence electrons. The van der Waals surface area contributed by atoms with Crippen LogP contribution in [-0.4, -0.2) is 26.7 Å². The molecule has 1 aromatic carbocycles. The molecule has 1 aliphatic rings. The van der Waals surface area contributed by atoms with E-state index >= 15 is 0 Å². The van der Waals surface area contributed by atoms with Crippen LogP contribution in [0.3, 0.4) is 0 Å². The Bertz CT molecular complexity index is 305. The molecule has 2 heteroatoms. The van der Waals surface area contributed by atoms with Gasteiger partial charge in [-0.25, -0.2) is 0 Å². The lowest BCUT2D eigenvalue weighted by molar-refractivity contribution is 0.549. The third kappa shape index (κ3) is 2.51. The summed E-state index contributed by atoms with van der Waals surface area (Å²) in [5.41, 5.74) is 2.71. The monoisotopic (exact) mass is 204 g/mol. The number of nitrogens with zero attached hydrogens (tertiary/aromatic N) is 1. The SMILES string of the molecule is CNCC1CCN(c2ccc(C)cc2)C1. The van der Waals surface area contributed by atoms with Gasteiger partial charge in [-0.3, -0.25) is 0 Å². The molecule has 1 aliphatic heterocycles. The summed E-state index contributed by atoms with van der Waals surface area (Å²) in [5.74, 6) is 0.816. The fourth-order valence-electron chi connectivity index (χ4n) is 2.28. The van der Waals surface area contributed by atoms with E-state index in [1.807, 2.05) is 7.05 Å². The molecular formula is C13H20N2. The molecule has 0 radical (unpaired) electrons. The van der Waals surface area contributed by atoms with Gasteiger partial charge in [0.25, 0.3) is 0 Å². The third-order valence-corrected chi connectivity index (χ3v) is 3.18. The number of aryl methyl sites for hydroxylation is 1. The molecule has 1 unspecified atom stereocenters. The van der Waals surface area contributed by atoms with Gasteiger partial charge in [0.05, 0.1) is 0 Å². The van der Waals surface area contributed by atoms with Crippen LogP contribution in [0.4, 0.5) is 5.69 Å². The van der Waals surface area contributed by atoms with E-state index in [0.29, 0.717) is 0 Å². The molecule has 0 aromatic heterocycles. The van der Waals surface area contributed by atoms with E-state index in [1.54, 1.807) is 0 Å². The van der Waals surface area contributed by atoms with E-state index < -0.39 is 0 Å². The molecular weight excluding hydrogens is 184 g/mol. The Labute approximate surface area is 92.3 Å². The zero-order valence-corrected chi connectivity index (χ0v) is 9.66. The molecule has 1 atom stereocenters. The van der Waals surface area contributed by atoms with Crippen LogP contribution < -0.4 is 10.2 Å². The van der Waals surface area contributed by atoms with E-state index in [4.69, 9.17) is 0 Å². The standard InChI is InChI=1S/C13H20N2/c1-11-3-5-13(6-4-11)15-8-7-12(10-15)9-14-2/h3-6,12,14H,7-10H2,1-2H3. The van der Waals surface area contributed by atoms with Crippen molar-refractivity contribution < 1.29 is 0 Å². The summed E-state index contributed by atoms with van der Waals surface area (Å²) < 4.78 is 0. The van der Waals surface area contributed by atoms with Crippen LogP contribution in [0, 0.1) is 12.8 Å². The number of hydrogen-bond acceptors (Lipinski definition) is 2. The Balaban J connectivity index is 1.98. The van der Waals surface area contributed by atoms with Crippen LogP contribution in [0.2, 0.25) is 0 Å². The van der Waals surface area contributed by atoms with E-state index in [2.05, 4.69) is 41.4 Å². The lowest BCUT2D eigenvalue weighted by atomic mass is 10.1. The molecule has 1 N–H and O–H groups in total. The Morgan fingerprint density at radius 1 is 1.33 bits per heavy atom. The van der Waals surface area contributed by atoms with Crippen LogP contribution in [0.25, 0.3) is 0 Å². The highest BCUT2D eigenvalue weighted by molar-refractivity contribution is 5.48. The van der Waals surface area contributed by atoms with Gasteiger partial charge in [0.1, 0.15) is 0 Å². The number of rotatable bonds is 3. The highest BCUT2D eigenvalue weighted by Crippen LogP contribution is 2.23. The van der Waals surface area contributed by atoms with E-state index in [-0.39, 0.29) is 0 Å². The number of benzene rings is 1. The van der Waals surface area contributed by atoms with Gasteiger partial charge in [-0.05, 0) is 45.0 Å². The van der Waals surface area contributed by atoms with Gasteiger partial charge in [-0.15, -0.1) is 0 Å². The summed E-state index contributed by atoms with van der Waals surface area (Å²) >= 11 is 0. The number of anilines is 1. The van der Waals surface area contributed by atoms with Crippen LogP contribution in [0.5, 0.6) is 0 Å². The third-order valence-electron chi connectivity index (χ3n) is 3.18. The van der Waals surface area contributed by atoms with Crippen LogP contribution in [-0.2, 0) is 0 Å². The van der Waals surface area contributed by atoms with Crippen LogP contribution in [0.1, 0.15) is 12.0 Å². The molecule has 1 saturated heterocycles. The predicted molar refractivity (Wildman–Crippen MR) is 65.4 cm³/mol. The van der Waals surface area contributed by atoms with Crippen molar-refractivity contribution >= 4 is 5.69 Å². The molecule has 0 saturated carbocycles. The second-order valence-electron chi connectivity index (χ2n) is 4.49. The normalized spacial score (nSPS) is 20.9. The molecule has 0 amide bonds. The maximum absolute atomic E-state index is 3.26. The summed E-state index contributed by atoms with van der Waals surface area (Å²) in [6.45, 7) is 5.68. The van der Waals surface area contributed by atoms with Crippen molar-refractivity contribution in [2.24, 2.45) is 5.92 Å². The van der Waals surface area contributed by atoms with Crippen molar-refractivity contribution in [3.8, 4) is 0 Å². The van der Waals surface area contributed by atoms with Gasteiger partial charge < -0.3 is 10.2 Å². The summed E-state index contributed by atoms with van der Waals surface area (Å²) in [6.07, 6.45) is 1.31. The summed E-state index contributed by atoms with van der Waals surface area (Å²) in [7, 11) is 2.04. The minimum absolute atomic E-state index is 0.816. The number of hydrogen-bond donors (Lipinski definition) is 1. The first-order valence-corrected chi connectivity index (χ1v) is 5.76. The predicted octanol–water partition coefficient (Wildman–Crippen LogP) is 2.04. The maximum Gasteiger partial charge on any atom is 0.0366 e. The molecule has 2 rings (SSSR count). The Morgan fingerprint density at radius 2 is 2.07 bits per heavy atom. The summed E-state index contributed by atoms with van der Waals surface area (Å²) in [4.78, 5) is 2.49. The van der Waals surface area contributed by atoms with Crippen molar-refractivity contribution in [1.82, 2.24) is 5.32 Å². The largest absolute Gasteiger partial charge is 0.371 e. The topological polar surface area (TPSA) is 15.3 Å². The number of nitrogens with one attached hydrogen (secondary N) is 1. The summed E-state index contributed by atoms with van der Waals surface area (Å²) in [6, 6.07) is 8.86. The lowest BCUT2D eigenvalue weighted by Crippen LogP contribution is -2.24. The molecule has 1 fully saturated rings. The molecule has 1 aromatic rings. The molecule has 1 heterocycles. The highest BCUT2D eigenvalue weighted by Gasteiger charge is 2.21. The van der Waals surface area contributed by atoms with Gasteiger partial charge in [0.2, 0.25) is 0 Å². The smallest absolute Gasteiger partial charge is 0.0366 e. The Kier molecular flexibility index (Phi) is 3.27. The maximum atomic E-state index is 3.26. The quantitative estimate of drug-likeness (QED) is 0.810. The molecule has 0 bridgehead atoms. The second kappa shape index (κ2) is 4.67. The zero-order valence-electron chi connectivity index (χ0n) is 9.66. The van der Waals surface area contributed by atoms with Crippen molar-refractivity contribution in [3.05, 3.63) is 29.8 Å². The molecule has 0 spiro atoms. The highest BCUT2D eigenvalue weighted by atomic mass is 15.2. The van der Waals surface area contributed by atoms with E-state index in [1.165, 1.54) is 30.8 Å². The van der Waals surface area contributed by atoms with Gasteiger partial charge in [0.15, 0.2) is 0 Å². The van der Waals surface area contributed by atoms with Gasteiger partial charge in [-0.2, -0.15) is 0 Å². The average molecular weight is 204 g/mol. The minimum Gasteiger partial charge on any atom is -0.371 e. The Morgan fingerprint density at radius 3 is 2.73 bits per heavy atom. The van der Waals surface area contributed by atoms with E-state index in [0.717, 1.165) is 12.5 Å². The first kappa shape index (κ1) is 10.5. The minimum atomic E-state index is 0.816. The fourth-order valence-corrected chi connectivity index (χ4v) is 2.28. The van der Waals surface area contributed by atoms with Crippen molar-refractivity contribution in [3.63, 3.8) is 0 Å². The second-order valence-corrected chi connectivity index (χ2v) is 4.49. The Hall–Kier alpha value is -1.02. The van der Waals surface area contributed by atoms with E-state index in [9.17, 15) is 0 Å². The van der Waals surface area contributed by atoms with Crippen molar-refractivity contribution in [2.75, 3.05) is 31.6 Å². The fraction of sp³-hybridized carbons (Fsp3) is 0.538. The van der Waals surface area contributed by atoms with Gasteiger partial charge in [0, 0.05) is 18.8 Å². The molecule has 15 heavy (non-hydrogen) atoms. The van der Waals surface area contributed by atoms with Gasteiger partial charge in [-0.1, -0.05) is 17.7 Å². The summed E-state index contributed by atoms with van der Waals surface area (Å²) in [5, 5.41) is 3.26. The van der Waals surface area contributed by atoms with Crippen molar-refractivity contribution in [1.29, 1.82) is 0 Å². The zero-order chi connectivity index (χ0) is 10.7. The first-order valence-electron chi connectivity index (χ1n) is 5.76. The van der Waals surface area contributed by atoms with Gasteiger partial charge >= 0.3 is 0 Å². The molecule has 2 nitrogen and oxygen atoms in total. The van der Waals surface area contributed by atoms with Crippen LogP contribution >= 0.6 is 0 Å². The molecule has 0 aliphatic carbocycles.